The summed E-state index contributed by atoms with van der Waals surface area (Å²) < 4.78 is 16.4. The number of ether oxygens (including phenoxy) is 3. The molecule has 1 atom stereocenters. The first-order valence-corrected chi connectivity index (χ1v) is 8.47. The molecule has 1 aromatic heterocycles. The third kappa shape index (κ3) is 4.05. The molecule has 1 amide bonds. The number of methoxy groups -OCH3 is 1. The van der Waals surface area contributed by atoms with Gasteiger partial charge in [0.1, 0.15) is 12.4 Å². The smallest absolute Gasteiger partial charge is 0.255 e. The van der Waals surface area contributed by atoms with Crippen LogP contribution in [0.1, 0.15) is 24.2 Å². The Labute approximate surface area is 152 Å². The maximum Gasteiger partial charge on any atom is 0.255 e. The Bertz CT molecular complexity index is 779. The highest BCUT2D eigenvalue weighted by atomic mass is 16.5. The summed E-state index contributed by atoms with van der Waals surface area (Å²) in [6.45, 7) is 5.65. The van der Waals surface area contributed by atoms with E-state index in [1.165, 1.54) is 0 Å². The second-order valence-electron chi connectivity index (χ2n) is 6.37. The summed E-state index contributed by atoms with van der Waals surface area (Å²) in [5.41, 5.74) is 1.56. The molecule has 0 bridgehead atoms. The lowest BCUT2D eigenvalue weighted by atomic mass is 10.0. The van der Waals surface area contributed by atoms with Crippen molar-refractivity contribution >= 4 is 17.3 Å². The predicted molar refractivity (Wildman–Crippen MR) is 99.2 cm³/mol. The van der Waals surface area contributed by atoms with Gasteiger partial charge in [-0.15, -0.1) is 0 Å². The molecule has 0 spiro atoms. The Morgan fingerprint density at radius 3 is 2.92 bits per heavy atom. The first-order chi connectivity index (χ1) is 12.5. The number of fused-ring (bicyclic) bond motifs is 1. The van der Waals surface area contributed by atoms with Crippen LogP contribution in [0.5, 0.6) is 11.6 Å². The Kier molecular flexibility index (Phi) is 5.27. The zero-order valence-electron chi connectivity index (χ0n) is 15.2. The van der Waals surface area contributed by atoms with E-state index in [0.29, 0.717) is 37.0 Å². The maximum absolute atomic E-state index is 12.5. The molecule has 0 radical (unpaired) electrons. The van der Waals surface area contributed by atoms with Gasteiger partial charge in [-0.2, -0.15) is 0 Å². The number of hydrogen-bond acceptors (Lipinski definition) is 6. The number of hydrogen-bond donors (Lipinski definition) is 2. The van der Waals surface area contributed by atoms with Gasteiger partial charge in [-0.3, -0.25) is 4.79 Å². The van der Waals surface area contributed by atoms with Crippen molar-refractivity contribution in [2.75, 3.05) is 37.6 Å². The van der Waals surface area contributed by atoms with E-state index in [9.17, 15) is 4.79 Å². The largest absolute Gasteiger partial charge is 0.489 e. The van der Waals surface area contributed by atoms with Gasteiger partial charge in [0.15, 0.2) is 0 Å². The molecule has 0 aliphatic carbocycles. The summed E-state index contributed by atoms with van der Waals surface area (Å²) in [6, 6.07) is 8.74. The first kappa shape index (κ1) is 18.0. The number of nitrogens with zero attached hydrogens (tertiary/aromatic N) is 1. The van der Waals surface area contributed by atoms with Crippen LogP contribution in [0.15, 0.2) is 36.5 Å². The fourth-order valence-corrected chi connectivity index (χ4v) is 2.68. The van der Waals surface area contributed by atoms with Crippen molar-refractivity contribution < 1.29 is 19.0 Å². The summed E-state index contributed by atoms with van der Waals surface area (Å²) >= 11 is 0. The maximum atomic E-state index is 12.5. The quantitative estimate of drug-likeness (QED) is 0.827. The Morgan fingerprint density at radius 2 is 2.23 bits per heavy atom. The Hall–Kier alpha value is -2.80. The summed E-state index contributed by atoms with van der Waals surface area (Å²) in [5, 5.41) is 6.24. The average molecular weight is 357 g/mol. The van der Waals surface area contributed by atoms with Crippen molar-refractivity contribution in [2.24, 2.45) is 0 Å². The molecule has 1 aliphatic heterocycles. The van der Waals surface area contributed by atoms with Crippen LogP contribution >= 0.6 is 0 Å². The summed E-state index contributed by atoms with van der Waals surface area (Å²) in [6.07, 6.45) is 1.55. The van der Waals surface area contributed by atoms with Crippen LogP contribution < -0.4 is 20.1 Å². The molecule has 138 valence electrons. The molecule has 26 heavy (non-hydrogen) atoms. The van der Waals surface area contributed by atoms with Gasteiger partial charge in [-0.05, 0) is 38.1 Å². The van der Waals surface area contributed by atoms with Crippen molar-refractivity contribution in [2.45, 2.75) is 19.4 Å². The van der Waals surface area contributed by atoms with E-state index in [-0.39, 0.29) is 11.4 Å². The lowest BCUT2D eigenvalue weighted by Gasteiger charge is -2.36. The van der Waals surface area contributed by atoms with Gasteiger partial charge in [0, 0.05) is 18.2 Å². The second-order valence-corrected chi connectivity index (χ2v) is 6.37. The zero-order chi connectivity index (χ0) is 18.6. The average Bonchev–Trinajstić information content (AvgIpc) is 2.66. The predicted octanol–water partition coefficient (Wildman–Crippen LogP) is 2.94. The van der Waals surface area contributed by atoms with Gasteiger partial charge < -0.3 is 24.8 Å². The van der Waals surface area contributed by atoms with Crippen LogP contribution in [0, 0.1) is 0 Å². The molecule has 0 fully saturated rings. The number of pyridine rings is 1. The molecular weight excluding hydrogens is 334 g/mol. The van der Waals surface area contributed by atoms with Gasteiger partial charge in [-0.25, -0.2) is 4.98 Å². The summed E-state index contributed by atoms with van der Waals surface area (Å²) in [5.74, 6) is 0.993. The van der Waals surface area contributed by atoms with Gasteiger partial charge >= 0.3 is 0 Å². The molecule has 7 nitrogen and oxygen atoms in total. The van der Waals surface area contributed by atoms with E-state index in [1.54, 1.807) is 43.6 Å². The molecular formula is C19H23N3O4. The minimum absolute atomic E-state index is 0.223. The van der Waals surface area contributed by atoms with Crippen molar-refractivity contribution in [1.82, 2.24) is 4.98 Å². The van der Waals surface area contributed by atoms with Crippen molar-refractivity contribution in [3.8, 4) is 11.6 Å². The summed E-state index contributed by atoms with van der Waals surface area (Å²) in [4.78, 5) is 16.6. The van der Waals surface area contributed by atoms with E-state index in [2.05, 4.69) is 15.6 Å². The number of carbonyl (C=O) groups is 1. The van der Waals surface area contributed by atoms with Gasteiger partial charge in [0.05, 0.1) is 36.8 Å². The first-order valence-electron chi connectivity index (χ1n) is 8.47. The number of benzene rings is 1. The molecule has 3 rings (SSSR count). The van der Waals surface area contributed by atoms with Crippen molar-refractivity contribution in [1.29, 1.82) is 0 Å². The zero-order valence-corrected chi connectivity index (χ0v) is 15.2. The molecule has 2 heterocycles. The third-order valence-electron chi connectivity index (χ3n) is 4.05. The lowest BCUT2D eigenvalue weighted by molar-refractivity contribution is 0.0808. The van der Waals surface area contributed by atoms with Crippen molar-refractivity contribution in [3.05, 3.63) is 42.1 Å². The molecule has 1 unspecified atom stereocenters. The Morgan fingerprint density at radius 1 is 1.38 bits per heavy atom. The van der Waals surface area contributed by atoms with Crippen LogP contribution in [0.4, 0.5) is 11.4 Å². The number of aromatic nitrogens is 1. The van der Waals surface area contributed by atoms with Crippen LogP contribution in [-0.4, -0.2) is 43.4 Å². The Balaban J connectivity index is 1.73. The number of anilines is 2. The SMILES string of the molecule is CCOCC1(C)COc2ccc(C(=O)Nc3ccc(OC)nc3)cc2N1. The normalized spacial score (nSPS) is 18.3. The van der Waals surface area contributed by atoms with Gasteiger partial charge in [0.25, 0.3) is 5.91 Å². The molecule has 0 saturated carbocycles. The number of amides is 1. The van der Waals surface area contributed by atoms with Crippen LogP contribution in [0.2, 0.25) is 0 Å². The van der Waals surface area contributed by atoms with Crippen molar-refractivity contribution in [3.63, 3.8) is 0 Å². The summed E-state index contributed by atoms with van der Waals surface area (Å²) in [7, 11) is 1.54. The molecule has 2 N–H and O–H groups in total. The topological polar surface area (TPSA) is 81.7 Å². The number of rotatable bonds is 6. The van der Waals surface area contributed by atoms with E-state index in [0.717, 1.165) is 11.4 Å². The van der Waals surface area contributed by atoms with Crippen LogP contribution in [-0.2, 0) is 4.74 Å². The van der Waals surface area contributed by atoms with E-state index in [1.807, 2.05) is 13.8 Å². The van der Waals surface area contributed by atoms with E-state index >= 15 is 0 Å². The monoisotopic (exact) mass is 357 g/mol. The highest BCUT2D eigenvalue weighted by molar-refractivity contribution is 6.05. The van der Waals surface area contributed by atoms with Gasteiger partial charge in [-0.1, -0.05) is 0 Å². The highest BCUT2D eigenvalue weighted by Gasteiger charge is 2.31. The fraction of sp³-hybridized carbons (Fsp3) is 0.368. The minimum atomic E-state index is -0.335. The molecule has 1 aromatic carbocycles. The number of nitrogens with one attached hydrogen (secondary N) is 2. The molecule has 2 aromatic rings. The minimum Gasteiger partial charge on any atom is -0.489 e. The molecule has 7 heteroatoms. The lowest BCUT2D eigenvalue weighted by Crippen LogP contribution is -2.48. The van der Waals surface area contributed by atoms with Crippen LogP contribution in [0.3, 0.4) is 0 Å². The number of carbonyl (C=O) groups excluding carboxylic acids is 1. The van der Waals surface area contributed by atoms with Crippen LogP contribution in [0.25, 0.3) is 0 Å². The second kappa shape index (κ2) is 7.61. The van der Waals surface area contributed by atoms with E-state index < -0.39 is 0 Å². The standard InChI is InChI=1S/C19H23N3O4/c1-4-25-11-19(2)12-26-16-7-5-13(9-15(16)22-19)18(23)21-14-6-8-17(24-3)20-10-14/h5-10,22H,4,11-12H2,1-3H3,(H,21,23). The fourth-order valence-electron chi connectivity index (χ4n) is 2.68. The van der Waals surface area contributed by atoms with E-state index in [4.69, 9.17) is 14.2 Å². The third-order valence-corrected chi connectivity index (χ3v) is 4.05. The van der Waals surface area contributed by atoms with Gasteiger partial charge in [0.2, 0.25) is 5.88 Å². The molecule has 1 aliphatic rings. The highest BCUT2D eigenvalue weighted by Crippen LogP contribution is 2.33. The molecule has 0 saturated heterocycles.